The van der Waals surface area contributed by atoms with Gasteiger partial charge in [0.15, 0.2) is 11.7 Å². The topological polar surface area (TPSA) is 117 Å². The van der Waals surface area contributed by atoms with E-state index < -0.39 is 11.7 Å². The molecule has 4 N–H and O–H groups in total. The van der Waals surface area contributed by atoms with E-state index in [4.69, 9.17) is 9.15 Å². The van der Waals surface area contributed by atoms with Crippen molar-refractivity contribution in [2.24, 2.45) is 4.99 Å². The van der Waals surface area contributed by atoms with Crippen LogP contribution < -0.4 is 21.3 Å². The summed E-state index contributed by atoms with van der Waals surface area (Å²) in [6, 6.07) is 1.76. The molecule has 0 radical (unpaired) electrons. The molecular formula is C20H36IN5O4. The third-order valence-corrected chi connectivity index (χ3v) is 3.62. The van der Waals surface area contributed by atoms with Gasteiger partial charge < -0.3 is 30.4 Å². The highest BCUT2D eigenvalue weighted by Crippen LogP contribution is 2.08. The predicted molar refractivity (Wildman–Crippen MR) is 129 cm³/mol. The fraction of sp³-hybridized carbons (Fsp3) is 0.650. The number of nitrogens with one attached hydrogen (secondary N) is 4. The van der Waals surface area contributed by atoms with Crippen LogP contribution in [0.4, 0.5) is 4.79 Å². The smallest absolute Gasteiger partial charge is 0.407 e. The molecule has 172 valence electrons. The minimum absolute atomic E-state index is 0. The van der Waals surface area contributed by atoms with E-state index in [1.54, 1.807) is 6.07 Å². The first kappa shape index (κ1) is 28.0. The van der Waals surface area contributed by atoms with Crippen LogP contribution >= 0.6 is 24.0 Å². The zero-order valence-corrected chi connectivity index (χ0v) is 20.9. The van der Waals surface area contributed by atoms with Crippen LogP contribution in [0.25, 0.3) is 0 Å². The second kappa shape index (κ2) is 14.9. The number of alkyl carbamates (subject to hydrolysis) is 1. The highest BCUT2D eigenvalue weighted by atomic mass is 127. The molecule has 0 saturated carbocycles. The van der Waals surface area contributed by atoms with E-state index >= 15 is 0 Å². The molecule has 10 heteroatoms. The Hall–Kier alpha value is -1.98. The maximum atomic E-state index is 12.0. The zero-order valence-electron chi connectivity index (χ0n) is 18.6. The lowest BCUT2D eigenvalue weighted by atomic mass is 10.2. The number of nitrogens with zero attached hydrogens (tertiary/aromatic N) is 1. The number of furan rings is 1. The summed E-state index contributed by atoms with van der Waals surface area (Å²) in [5, 5.41) is 11.9. The molecule has 0 saturated heterocycles. The summed E-state index contributed by atoms with van der Waals surface area (Å²) in [4.78, 5) is 28.0. The van der Waals surface area contributed by atoms with Crippen molar-refractivity contribution in [3.05, 3.63) is 23.7 Å². The standard InChI is InChI=1S/C20H35N5O4.HI/c1-6-21-18(24-12-8-13-25-19(27)29-20(3,4)5)23-11-7-10-22-17(26)16-15(2)9-14-28-16;/h9,14H,6-8,10-13H2,1-5H3,(H,22,26)(H,25,27)(H2,21,23,24);1H. The Balaban J connectivity index is 0.00000841. The van der Waals surface area contributed by atoms with Crippen molar-refractivity contribution in [1.29, 1.82) is 0 Å². The molecular weight excluding hydrogens is 501 g/mol. The number of hydrogen-bond donors (Lipinski definition) is 4. The zero-order chi connectivity index (χ0) is 21.7. The molecule has 2 amide bonds. The molecule has 0 aromatic carbocycles. The van der Waals surface area contributed by atoms with Crippen molar-refractivity contribution in [3.63, 3.8) is 0 Å². The molecule has 1 heterocycles. The largest absolute Gasteiger partial charge is 0.459 e. The number of rotatable bonds is 10. The van der Waals surface area contributed by atoms with Gasteiger partial charge in [-0.1, -0.05) is 0 Å². The third-order valence-electron chi connectivity index (χ3n) is 3.62. The van der Waals surface area contributed by atoms with Gasteiger partial charge in [0.25, 0.3) is 5.91 Å². The van der Waals surface area contributed by atoms with Gasteiger partial charge in [-0.25, -0.2) is 4.79 Å². The molecule has 9 nitrogen and oxygen atoms in total. The van der Waals surface area contributed by atoms with Crippen LogP contribution in [0.5, 0.6) is 0 Å². The number of aryl methyl sites for hydroxylation is 1. The second-order valence-corrected chi connectivity index (χ2v) is 7.51. The number of ether oxygens (including phenoxy) is 1. The minimum atomic E-state index is -0.499. The van der Waals surface area contributed by atoms with E-state index in [9.17, 15) is 9.59 Å². The monoisotopic (exact) mass is 537 g/mol. The lowest BCUT2D eigenvalue weighted by Gasteiger charge is -2.19. The Morgan fingerprint density at radius 2 is 1.73 bits per heavy atom. The number of carbonyl (C=O) groups excluding carboxylic acids is 2. The molecule has 0 fully saturated rings. The van der Waals surface area contributed by atoms with Crippen molar-refractivity contribution >= 4 is 41.9 Å². The molecule has 0 aliphatic rings. The van der Waals surface area contributed by atoms with Crippen LogP contribution in [-0.4, -0.2) is 56.3 Å². The van der Waals surface area contributed by atoms with Gasteiger partial charge in [0, 0.05) is 38.3 Å². The molecule has 0 spiro atoms. The number of hydrogen-bond acceptors (Lipinski definition) is 5. The van der Waals surface area contributed by atoms with Gasteiger partial charge in [0.1, 0.15) is 5.60 Å². The fourth-order valence-corrected chi connectivity index (χ4v) is 2.30. The molecule has 1 rings (SSSR count). The number of aliphatic imine (C=N–C) groups is 1. The van der Waals surface area contributed by atoms with E-state index in [-0.39, 0.29) is 29.9 Å². The number of halogens is 1. The lowest BCUT2D eigenvalue weighted by Crippen LogP contribution is -2.39. The summed E-state index contributed by atoms with van der Waals surface area (Å²) in [5.41, 5.74) is 0.323. The van der Waals surface area contributed by atoms with E-state index in [1.807, 2.05) is 34.6 Å². The van der Waals surface area contributed by atoms with Crippen molar-refractivity contribution in [2.45, 2.75) is 53.1 Å². The molecule has 30 heavy (non-hydrogen) atoms. The van der Waals surface area contributed by atoms with Crippen molar-refractivity contribution in [1.82, 2.24) is 21.3 Å². The first-order valence-electron chi connectivity index (χ1n) is 10.0. The van der Waals surface area contributed by atoms with Gasteiger partial charge in [-0.05, 0) is 53.5 Å². The Kier molecular flexibility index (Phi) is 13.9. The van der Waals surface area contributed by atoms with Gasteiger partial charge in [0.2, 0.25) is 0 Å². The van der Waals surface area contributed by atoms with Crippen LogP contribution in [0.1, 0.15) is 56.7 Å². The summed E-state index contributed by atoms with van der Waals surface area (Å²) < 4.78 is 10.3. The number of guanidine groups is 1. The summed E-state index contributed by atoms with van der Waals surface area (Å²) >= 11 is 0. The van der Waals surface area contributed by atoms with Crippen molar-refractivity contribution < 1.29 is 18.7 Å². The van der Waals surface area contributed by atoms with E-state index in [1.165, 1.54) is 6.26 Å². The number of carbonyl (C=O) groups is 2. The quantitative estimate of drug-likeness (QED) is 0.158. The van der Waals surface area contributed by atoms with E-state index in [0.29, 0.717) is 44.3 Å². The second-order valence-electron chi connectivity index (χ2n) is 7.51. The third kappa shape index (κ3) is 12.6. The Labute approximate surface area is 196 Å². The average molecular weight is 537 g/mol. The van der Waals surface area contributed by atoms with Crippen molar-refractivity contribution in [2.75, 3.05) is 32.7 Å². The molecule has 1 aromatic heterocycles. The van der Waals surface area contributed by atoms with Gasteiger partial charge in [0.05, 0.1) is 6.26 Å². The maximum Gasteiger partial charge on any atom is 0.407 e. The van der Waals surface area contributed by atoms with E-state index in [0.717, 1.165) is 18.5 Å². The first-order chi connectivity index (χ1) is 13.7. The summed E-state index contributed by atoms with van der Waals surface area (Å²) in [5.74, 6) is 0.858. The lowest BCUT2D eigenvalue weighted by molar-refractivity contribution is 0.0527. The molecule has 0 unspecified atom stereocenters. The van der Waals surface area contributed by atoms with Crippen LogP contribution in [0, 0.1) is 6.92 Å². The molecule has 0 aliphatic carbocycles. The van der Waals surface area contributed by atoms with Crippen LogP contribution in [-0.2, 0) is 4.74 Å². The average Bonchev–Trinajstić information content (AvgIpc) is 3.05. The van der Waals surface area contributed by atoms with E-state index in [2.05, 4.69) is 26.3 Å². The highest BCUT2D eigenvalue weighted by Gasteiger charge is 2.15. The van der Waals surface area contributed by atoms with Crippen LogP contribution in [0.15, 0.2) is 21.7 Å². The summed E-state index contributed by atoms with van der Waals surface area (Å²) in [6.07, 6.45) is 2.54. The van der Waals surface area contributed by atoms with Crippen LogP contribution in [0.3, 0.4) is 0 Å². The van der Waals surface area contributed by atoms with Crippen molar-refractivity contribution in [3.8, 4) is 0 Å². The first-order valence-corrected chi connectivity index (χ1v) is 10.0. The predicted octanol–water partition coefficient (Wildman–Crippen LogP) is 2.80. The molecule has 0 aliphatic heterocycles. The summed E-state index contributed by atoms with van der Waals surface area (Å²) in [7, 11) is 0. The number of amides is 2. The Morgan fingerprint density at radius 3 is 2.33 bits per heavy atom. The van der Waals surface area contributed by atoms with Gasteiger partial charge in [-0.15, -0.1) is 24.0 Å². The minimum Gasteiger partial charge on any atom is -0.459 e. The fourth-order valence-electron chi connectivity index (χ4n) is 2.30. The van der Waals surface area contributed by atoms with Gasteiger partial charge in [-0.2, -0.15) is 0 Å². The van der Waals surface area contributed by atoms with Crippen LogP contribution in [0.2, 0.25) is 0 Å². The molecule has 0 bridgehead atoms. The normalized spacial score (nSPS) is 11.3. The summed E-state index contributed by atoms with van der Waals surface area (Å²) in [6.45, 7) is 12.3. The van der Waals surface area contributed by atoms with Gasteiger partial charge in [-0.3, -0.25) is 9.79 Å². The SMILES string of the molecule is CCNC(=NCCCNC(=O)OC(C)(C)C)NCCCNC(=O)c1occc1C.I. The Bertz CT molecular complexity index is 670. The Morgan fingerprint density at radius 1 is 1.07 bits per heavy atom. The molecule has 1 aromatic rings. The van der Waals surface area contributed by atoms with Gasteiger partial charge >= 0.3 is 6.09 Å². The molecule has 0 atom stereocenters. The highest BCUT2D eigenvalue weighted by molar-refractivity contribution is 14.0. The maximum absolute atomic E-state index is 12.0.